The van der Waals surface area contributed by atoms with Crippen LogP contribution in [0.3, 0.4) is 0 Å². The summed E-state index contributed by atoms with van der Waals surface area (Å²) in [4.78, 5) is 0. The number of allylic oxidation sites excluding steroid dienone is 8. The lowest BCUT2D eigenvalue weighted by atomic mass is 9.98. The minimum Gasteiger partial charge on any atom is -0.342 e. The van der Waals surface area contributed by atoms with E-state index in [0.29, 0.717) is 6.54 Å². The molecule has 0 spiro atoms. The van der Waals surface area contributed by atoms with Gasteiger partial charge in [-0.2, -0.15) is 0 Å². The van der Waals surface area contributed by atoms with Gasteiger partial charge in [-0.3, -0.25) is 0 Å². The second-order valence-corrected chi connectivity index (χ2v) is 4.44. The van der Waals surface area contributed by atoms with Crippen molar-refractivity contribution in [3.05, 3.63) is 84.6 Å². The third-order valence-corrected chi connectivity index (χ3v) is 2.64. The van der Waals surface area contributed by atoms with Crippen LogP contribution in [-0.2, 0) is 0 Å². The maximum absolute atomic E-state index is 5.18. The molecule has 1 heteroatoms. The Hall–Kier alpha value is -2.46. The summed E-state index contributed by atoms with van der Waals surface area (Å²) < 4.78 is 0. The Morgan fingerprint density at radius 3 is 2.53 bits per heavy atom. The van der Waals surface area contributed by atoms with Gasteiger partial charge in [0.2, 0.25) is 0 Å². The van der Waals surface area contributed by atoms with Crippen molar-refractivity contribution in [1.82, 2.24) is 5.32 Å². The van der Waals surface area contributed by atoms with E-state index >= 15 is 0 Å². The van der Waals surface area contributed by atoms with E-state index < -0.39 is 0 Å². The third kappa shape index (κ3) is 5.14. The number of terminal acetylenes is 1. The van der Waals surface area contributed by atoms with Gasteiger partial charge in [-0.25, -0.2) is 0 Å². The monoisotopic (exact) mass is 249 g/mol. The molecule has 0 aromatic rings. The summed E-state index contributed by atoms with van der Waals surface area (Å²) in [5.74, 6) is 0. The summed E-state index contributed by atoms with van der Waals surface area (Å²) in [6.45, 7) is 16.6. The van der Waals surface area contributed by atoms with Crippen LogP contribution >= 0.6 is 0 Å². The summed E-state index contributed by atoms with van der Waals surface area (Å²) in [6, 6.07) is 2.39. The first-order valence-corrected chi connectivity index (χ1v) is 6.02. The highest BCUT2D eigenvalue weighted by Gasteiger charge is 2.02. The third-order valence-electron chi connectivity index (χ3n) is 2.64. The quantitative estimate of drug-likeness (QED) is 0.592. The lowest BCUT2D eigenvalue weighted by Crippen LogP contribution is -2.10. The van der Waals surface area contributed by atoms with Crippen LogP contribution in [0.15, 0.2) is 84.6 Å². The Kier molecular flexibility index (Phi) is 5.44. The maximum atomic E-state index is 5.18. The second-order valence-electron chi connectivity index (χ2n) is 4.44. The van der Waals surface area contributed by atoms with E-state index in [1.165, 1.54) is 0 Å². The summed E-state index contributed by atoms with van der Waals surface area (Å²) in [6.07, 6.45) is 15.7. The predicted molar refractivity (Wildman–Crippen MR) is 84.4 cm³/mol. The summed E-state index contributed by atoms with van der Waals surface area (Å²) >= 11 is 0. The van der Waals surface area contributed by atoms with Gasteiger partial charge in [0.05, 0.1) is 0 Å². The smallest absolute Gasteiger partial charge is 0.0480 e. The fourth-order valence-electron chi connectivity index (χ4n) is 1.63. The minimum atomic E-state index is 0.545. The molecule has 0 fully saturated rings. The molecule has 1 aliphatic rings. The van der Waals surface area contributed by atoms with Gasteiger partial charge < -0.3 is 5.32 Å². The summed E-state index contributed by atoms with van der Waals surface area (Å²) in [5, 5.41) is 2.81. The van der Waals surface area contributed by atoms with Crippen molar-refractivity contribution in [3.8, 4) is 12.5 Å². The molecule has 1 aliphatic carbocycles. The van der Waals surface area contributed by atoms with Gasteiger partial charge in [-0.05, 0) is 23.1 Å². The van der Waals surface area contributed by atoms with Crippen molar-refractivity contribution in [2.45, 2.75) is 6.42 Å². The molecule has 0 aromatic heterocycles. The van der Waals surface area contributed by atoms with E-state index in [4.69, 9.17) is 6.42 Å². The molecule has 0 atom stereocenters. The lowest BCUT2D eigenvalue weighted by Gasteiger charge is -2.10. The zero-order valence-electron chi connectivity index (χ0n) is 11.2. The molecule has 1 rings (SSSR count). The molecule has 96 valence electrons. The van der Waals surface area contributed by atoms with Crippen molar-refractivity contribution in [3.63, 3.8) is 0 Å². The molecular weight excluding hydrogens is 230 g/mol. The van der Waals surface area contributed by atoms with Crippen molar-refractivity contribution in [1.29, 1.82) is 0 Å². The topological polar surface area (TPSA) is 12.0 Å². The van der Waals surface area contributed by atoms with Crippen LogP contribution in [0.4, 0.5) is 0 Å². The summed E-state index contributed by atoms with van der Waals surface area (Å²) in [5.41, 5.74) is 4.82. The molecule has 19 heavy (non-hydrogen) atoms. The van der Waals surface area contributed by atoms with Crippen molar-refractivity contribution in [2.75, 3.05) is 6.54 Å². The average molecular weight is 249 g/mol. The van der Waals surface area contributed by atoms with E-state index in [1.54, 1.807) is 0 Å². The van der Waals surface area contributed by atoms with Crippen molar-refractivity contribution >= 4 is 0 Å². The highest BCUT2D eigenvalue weighted by molar-refractivity contribution is 5.48. The predicted octanol–water partition coefficient (Wildman–Crippen LogP) is 3.83. The van der Waals surface area contributed by atoms with Crippen LogP contribution in [0.2, 0.25) is 0 Å². The molecule has 0 aromatic carbocycles. The fraction of sp³-hybridized carbons (Fsp3) is 0.111. The lowest BCUT2D eigenvalue weighted by molar-refractivity contribution is 0.985. The number of hydrogen-bond acceptors (Lipinski definition) is 1. The zero-order valence-corrected chi connectivity index (χ0v) is 11.2. The van der Waals surface area contributed by atoms with E-state index in [1.807, 2.05) is 30.4 Å². The highest BCUT2D eigenvalue weighted by Crippen LogP contribution is 2.19. The molecule has 1 nitrogen and oxygen atoms in total. The van der Waals surface area contributed by atoms with Gasteiger partial charge in [0.25, 0.3) is 0 Å². The van der Waals surface area contributed by atoms with Crippen LogP contribution in [0.25, 0.3) is 0 Å². The van der Waals surface area contributed by atoms with Crippen molar-refractivity contribution < 1.29 is 0 Å². The molecule has 0 heterocycles. The molecular formula is C18H19N. The summed E-state index contributed by atoms with van der Waals surface area (Å²) in [7, 11) is 0. The molecule has 0 saturated heterocycles. The van der Waals surface area contributed by atoms with E-state index in [2.05, 4.69) is 37.7 Å². The standard InChI is InChI=1S/C18H19N/c1-6-19-13-17(5)18-10-9-14(2)7-8-15(3)11-16(4)12-18/h1,7-10,12,19H,2-5,11,13H2/b8-7-,10-9-,18-12+. The largest absolute Gasteiger partial charge is 0.342 e. The average Bonchev–Trinajstić information content (AvgIpc) is 2.37. The maximum Gasteiger partial charge on any atom is 0.0480 e. The first kappa shape index (κ1) is 14.6. The van der Waals surface area contributed by atoms with E-state index in [9.17, 15) is 0 Å². The van der Waals surface area contributed by atoms with Crippen LogP contribution in [-0.4, -0.2) is 6.54 Å². The van der Waals surface area contributed by atoms with Crippen LogP contribution in [0.5, 0.6) is 0 Å². The zero-order chi connectivity index (χ0) is 14.3. The first-order valence-electron chi connectivity index (χ1n) is 6.02. The molecule has 0 aliphatic heterocycles. The highest BCUT2D eigenvalue weighted by atomic mass is 14.8. The van der Waals surface area contributed by atoms with Crippen molar-refractivity contribution in [2.24, 2.45) is 0 Å². The van der Waals surface area contributed by atoms with Gasteiger partial charge in [0.1, 0.15) is 0 Å². The Morgan fingerprint density at radius 2 is 1.84 bits per heavy atom. The number of hydrogen-bond donors (Lipinski definition) is 1. The SMILES string of the molecule is C#CNCC(=C)C1=C/C(=C)CC(=C)/C=C\C(=C)/C=C\1. The normalized spacial score (nSPS) is 21.8. The molecule has 0 amide bonds. The van der Waals surface area contributed by atoms with E-state index in [0.717, 1.165) is 34.3 Å². The van der Waals surface area contributed by atoms with Gasteiger partial charge in [0, 0.05) is 12.6 Å². The number of rotatable bonds is 3. The first-order chi connectivity index (χ1) is 9.02. The molecule has 0 bridgehead atoms. The van der Waals surface area contributed by atoms with Crippen LogP contribution in [0, 0.1) is 12.5 Å². The van der Waals surface area contributed by atoms with E-state index in [-0.39, 0.29) is 0 Å². The van der Waals surface area contributed by atoms with Gasteiger partial charge in [-0.1, -0.05) is 74.3 Å². The Labute approximate surface area is 116 Å². The molecule has 0 saturated carbocycles. The van der Waals surface area contributed by atoms with Gasteiger partial charge >= 0.3 is 0 Å². The Balaban J connectivity index is 3.02. The Morgan fingerprint density at radius 1 is 1.16 bits per heavy atom. The van der Waals surface area contributed by atoms with Crippen LogP contribution in [0.1, 0.15) is 6.42 Å². The van der Waals surface area contributed by atoms with Gasteiger partial charge in [-0.15, -0.1) is 0 Å². The van der Waals surface area contributed by atoms with Gasteiger partial charge in [0.15, 0.2) is 0 Å². The second kappa shape index (κ2) is 7.08. The molecule has 1 N–H and O–H groups in total. The minimum absolute atomic E-state index is 0.545. The fourth-order valence-corrected chi connectivity index (χ4v) is 1.63. The Bertz CT molecular complexity index is 545. The molecule has 0 radical (unpaired) electrons. The number of nitrogens with one attached hydrogen (secondary N) is 1. The van der Waals surface area contributed by atoms with Crippen LogP contribution < -0.4 is 5.32 Å². The molecule has 0 unspecified atom stereocenters.